The fraction of sp³-hybridized carbons (Fsp3) is 0.455. The first-order valence-electron chi connectivity index (χ1n) is 4.98. The van der Waals surface area contributed by atoms with E-state index in [1.807, 2.05) is 0 Å². The minimum absolute atomic E-state index is 0.619. The lowest BCUT2D eigenvalue weighted by Gasteiger charge is -2.00. The van der Waals surface area contributed by atoms with Crippen molar-refractivity contribution in [2.75, 3.05) is 0 Å². The molecule has 0 N–H and O–H groups in total. The zero-order chi connectivity index (χ0) is 12.4. The highest BCUT2D eigenvalue weighted by Crippen LogP contribution is 2.09. The second-order valence-corrected chi connectivity index (χ2v) is 6.03. The topological polar surface area (TPSA) is 17.1 Å². The zero-order valence-electron chi connectivity index (χ0n) is 9.09. The summed E-state index contributed by atoms with van der Waals surface area (Å²) in [5, 5.41) is 0. The van der Waals surface area contributed by atoms with Gasteiger partial charge in [0.1, 0.15) is 0 Å². The van der Waals surface area contributed by atoms with Gasteiger partial charge in [0.15, 0.2) is 0 Å². The Morgan fingerprint density at radius 1 is 1.12 bits per heavy atom. The molecular weight excluding hydrogens is 287 g/mol. The normalized spacial score (nSPS) is 9.81. The fourth-order valence-corrected chi connectivity index (χ4v) is 1.35. The van der Waals surface area contributed by atoms with Crippen molar-refractivity contribution in [2.45, 2.75) is 32.1 Å². The second kappa shape index (κ2) is 10.4. The van der Waals surface area contributed by atoms with Crippen LogP contribution in [0.4, 0.5) is 0 Å². The van der Waals surface area contributed by atoms with Gasteiger partial charge in [0, 0.05) is 27.2 Å². The molecule has 0 radical (unpaired) electrons. The van der Waals surface area contributed by atoms with E-state index >= 15 is 0 Å². The van der Waals surface area contributed by atoms with E-state index < -0.39 is 9.23 Å². The van der Waals surface area contributed by atoms with Crippen LogP contribution in [0.5, 0.6) is 0 Å². The maximum absolute atomic E-state index is 9.09. The molecule has 0 saturated carbocycles. The minimum atomic E-state index is -1.67. The number of benzene rings is 1. The SMILES string of the molecule is CCCCc1ccc(CCl)cc1.O=S(Cl)Cl. The molecule has 0 aliphatic carbocycles. The molecule has 0 unspecified atom stereocenters. The summed E-state index contributed by atoms with van der Waals surface area (Å²) in [5.74, 6) is 0.619. The van der Waals surface area contributed by atoms with Gasteiger partial charge < -0.3 is 0 Å². The van der Waals surface area contributed by atoms with Crippen molar-refractivity contribution in [1.29, 1.82) is 0 Å². The van der Waals surface area contributed by atoms with Gasteiger partial charge in [-0.05, 0) is 24.0 Å². The van der Waals surface area contributed by atoms with E-state index in [2.05, 4.69) is 52.6 Å². The molecule has 0 heterocycles. The van der Waals surface area contributed by atoms with Gasteiger partial charge >= 0.3 is 0 Å². The average Bonchev–Trinajstić information content (AvgIpc) is 2.26. The first kappa shape index (κ1) is 16.2. The number of unbranched alkanes of at least 4 members (excludes halogenated alkanes) is 1. The Balaban J connectivity index is 0.000000487. The van der Waals surface area contributed by atoms with Gasteiger partial charge in [0.25, 0.3) is 0 Å². The molecule has 0 aliphatic heterocycles. The molecule has 0 fully saturated rings. The van der Waals surface area contributed by atoms with Gasteiger partial charge in [-0.25, -0.2) is 4.21 Å². The van der Waals surface area contributed by atoms with Gasteiger partial charge in [0.05, 0.1) is 0 Å². The lowest BCUT2D eigenvalue weighted by Crippen LogP contribution is -1.85. The van der Waals surface area contributed by atoms with E-state index in [4.69, 9.17) is 15.8 Å². The van der Waals surface area contributed by atoms with Gasteiger partial charge in [-0.1, -0.05) is 37.6 Å². The molecule has 0 atom stereocenters. The molecule has 1 nitrogen and oxygen atoms in total. The summed E-state index contributed by atoms with van der Waals surface area (Å²) in [4.78, 5) is 0. The molecule has 0 bridgehead atoms. The third-order valence-electron chi connectivity index (χ3n) is 2.00. The Morgan fingerprint density at radius 2 is 1.56 bits per heavy atom. The van der Waals surface area contributed by atoms with E-state index in [0.29, 0.717) is 5.88 Å². The van der Waals surface area contributed by atoms with E-state index in [-0.39, 0.29) is 0 Å². The molecule has 0 amide bonds. The van der Waals surface area contributed by atoms with Crippen LogP contribution in [-0.2, 0) is 21.5 Å². The summed E-state index contributed by atoms with van der Waals surface area (Å²) in [7, 11) is 7.36. The first-order valence-corrected chi connectivity index (χ1v) is 8.31. The van der Waals surface area contributed by atoms with E-state index in [9.17, 15) is 0 Å². The van der Waals surface area contributed by atoms with E-state index in [1.165, 1.54) is 30.4 Å². The molecule has 0 aliphatic rings. The Labute approximate surface area is 114 Å². The number of halogens is 3. The number of alkyl halides is 1. The third kappa shape index (κ3) is 9.46. The number of rotatable bonds is 4. The summed E-state index contributed by atoms with van der Waals surface area (Å²) in [6, 6.07) is 8.57. The van der Waals surface area contributed by atoms with Gasteiger partial charge in [-0.2, -0.15) is 0 Å². The number of hydrogen-bond acceptors (Lipinski definition) is 1. The highest BCUT2D eigenvalue weighted by atomic mass is 36.0. The van der Waals surface area contributed by atoms with Gasteiger partial charge in [-0.15, -0.1) is 11.6 Å². The quantitative estimate of drug-likeness (QED) is 0.576. The Bertz CT molecular complexity index is 297. The van der Waals surface area contributed by atoms with Crippen LogP contribution in [0.25, 0.3) is 0 Å². The van der Waals surface area contributed by atoms with Crippen LogP contribution in [0.15, 0.2) is 24.3 Å². The highest BCUT2D eigenvalue weighted by molar-refractivity contribution is 8.26. The first-order chi connectivity index (χ1) is 7.60. The van der Waals surface area contributed by atoms with Gasteiger partial charge in [0.2, 0.25) is 9.23 Å². The zero-order valence-corrected chi connectivity index (χ0v) is 12.2. The summed E-state index contributed by atoms with van der Waals surface area (Å²) in [6.45, 7) is 2.22. The average molecular weight is 302 g/mol. The lowest BCUT2D eigenvalue weighted by atomic mass is 10.1. The van der Waals surface area contributed by atoms with Crippen LogP contribution in [0.2, 0.25) is 0 Å². The minimum Gasteiger partial charge on any atom is -0.225 e. The van der Waals surface area contributed by atoms with Gasteiger partial charge in [-0.3, -0.25) is 0 Å². The molecule has 0 aromatic heterocycles. The predicted octanol–water partition coefficient (Wildman–Crippen LogP) is 4.81. The van der Waals surface area contributed by atoms with Crippen molar-refractivity contribution in [3.8, 4) is 0 Å². The monoisotopic (exact) mass is 300 g/mol. The van der Waals surface area contributed by atoms with Crippen LogP contribution < -0.4 is 0 Å². The molecule has 92 valence electrons. The van der Waals surface area contributed by atoms with Crippen molar-refractivity contribution in [3.05, 3.63) is 35.4 Å². The van der Waals surface area contributed by atoms with Crippen molar-refractivity contribution in [3.63, 3.8) is 0 Å². The standard InChI is InChI=1S/C11H15Cl.Cl2OS/c1-2-3-4-10-5-7-11(9-12)8-6-10;1-4(2)3/h5-8H,2-4,9H2,1H3;. The van der Waals surface area contributed by atoms with Crippen LogP contribution in [-0.4, -0.2) is 4.21 Å². The maximum atomic E-state index is 9.09. The summed E-state index contributed by atoms with van der Waals surface area (Å²) in [5.41, 5.74) is 2.63. The smallest absolute Gasteiger partial charge is 0.211 e. The molecule has 0 saturated heterocycles. The molecule has 5 heteroatoms. The van der Waals surface area contributed by atoms with Crippen LogP contribution in [0.1, 0.15) is 30.9 Å². The Morgan fingerprint density at radius 3 is 1.94 bits per heavy atom. The predicted molar refractivity (Wildman–Crippen MR) is 74.5 cm³/mol. The Kier molecular flexibility index (Phi) is 10.6. The molecule has 1 aromatic carbocycles. The third-order valence-corrected chi connectivity index (χ3v) is 2.30. The highest BCUT2D eigenvalue weighted by Gasteiger charge is 1.92. The van der Waals surface area contributed by atoms with Crippen molar-refractivity contribution < 1.29 is 4.21 Å². The van der Waals surface area contributed by atoms with E-state index in [1.54, 1.807) is 0 Å². The summed E-state index contributed by atoms with van der Waals surface area (Å²) >= 11 is 5.68. The van der Waals surface area contributed by atoms with E-state index in [0.717, 1.165) is 0 Å². The van der Waals surface area contributed by atoms with Crippen LogP contribution in [0, 0.1) is 0 Å². The van der Waals surface area contributed by atoms with Crippen LogP contribution >= 0.6 is 33.0 Å². The number of aryl methyl sites for hydroxylation is 1. The van der Waals surface area contributed by atoms with Crippen molar-refractivity contribution >= 4 is 42.2 Å². The molecule has 1 aromatic rings. The van der Waals surface area contributed by atoms with Crippen molar-refractivity contribution in [1.82, 2.24) is 0 Å². The fourth-order valence-electron chi connectivity index (χ4n) is 1.18. The summed E-state index contributed by atoms with van der Waals surface area (Å²) < 4.78 is 9.09. The largest absolute Gasteiger partial charge is 0.225 e. The molecule has 1 rings (SSSR count). The molecule has 0 spiro atoms. The molecule has 16 heavy (non-hydrogen) atoms. The number of hydrogen-bond donors (Lipinski definition) is 0. The summed E-state index contributed by atoms with van der Waals surface area (Å²) in [6.07, 6.45) is 3.73. The van der Waals surface area contributed by atoms with Crippen molar-refractivity contribution in [2.24, 2.45) is 0 Å². The molecular formula is C11H15Cl3OS. The maximum Gasteiger partial charge on any atom is 0.211 e. The lowest BCUT2D eigenvalue weighted by molar-refractivity contribution is 0.698. The Hall–Kier alpha value is 0.240. The van der Waals surface area contributed by atoms with Crippen LogP contribution in [0.3, 0.4) is 0 Å². The second-order valence-electron chi connectivity index (χ2n) is 3.24.